The lowest BCUT2D eigenvalue weighted by atomic mass is 10.0. The molecule has 10 rings (SSSR count). The molecule has 10 heterocycles. The molecule has 0 aliphatic carbocycles. The third kappa shape index (κ3) is 18.2. The van der Waals surface area contributed by atoms with Crippen molar-refractivity contribution in [2.75, 3.05) is 29.6 Å². The van der Waals surface area contributed by atoms with E-state index in [1.165, 1.54) is 86.2 Å². The molecule has 458 valence electrons. The number of pyridine rings is 2. The molecule has 6 aromatic heterocycles. The number of nitrogens with one attached hydrogen (secondary N) is 2. The lowest BCUT2D eigenvalue weighted by molar-refractivity contribution is -0.671. The first-order chi connectivity index (χ1) is 40.6. The first kappa shape index (κ1) is 71.1. The number of carboxylic acid groups (broad SMARTS) is 2. The van der Waals surface area contributed by atoms with E-state index in [1.54, 1.807) is 20.8 Å². The first-order valence-electron chi connectivity index (χ1n) is 23.9. The number of rotatable bonds is 17. The van der Waals surface area contributed by atoms with Crippen LogP contribution in [-0.2, 0) is 57.1 Å². The van der Waals surface area contributed by atoms with Gasteiger partial charge in [-0.15, -0.1) is 51.7 Å². The Morgan fingerprint density at radius 2 is 1.28 bits per heavy atom. The van der Waals surface area contributed by atoms with Crippen molar-refractivity contribution in [3.05, 3.63) is 107 Å². The third-order valence-electron chi connectivity index (χ3n) is 10.9. The van der Waals surface area contributed by atoms with Crippen LogP contribution in [0.5, 0.6) is 0 Å². The molecule has 0 spiro atoms. The number of aromatic nitrogens is 8. The van der Waals surface area contributed by atoms with Crippen molar-refractivity contribution in [2.24, 2.45) is 35.6 Å². The molecule has 5 atom stereocenters. The van der Waals surface area contributed by atoms with Crippen LogP contribution in [0.1, 0.15) is 37.9 Å². The largest absolute Gasteiger partial charge is 0.578 e. The number of carbonyl (C=O) groups excluding carboxylic acids is 6. The number of amides is 3. The second kappa shape index (κ2) is 33.6. The van der Waals surface area contributed by atoms with E-state index in [-0.39, 0.29) is 65.5 Å². The summed E-state index contributed by atoms with van der Waals surface area (Å²) in [6.07, 6.45) is 7.69. The van der Waals surface area contributed by atoms with Gasteiger partial charge < -0.3 is 45.4 Å². The van der Waals surface area contributed by atoms with Crippen LogP contribution in [-0.4, -0.2) is 137 Å². The number of hydrogen-bond donors (Lipinski definition) is 4. The molecule has 2 unspecified atom stereocenters. The average molecular weight is 1480 g/mol. The van der Waals surface area contributed by atoms with Gasteiger partial charge in [-0.2, -0.15) is 8.75 Å². The molecule has 6 N–H and O–H groups in total. The summed E-state index contributed by atoms with van der Waals surface area (Å²) in [5.41, 5.74) is 12.6. The number of thiazole rings is 2. The Kier molecular flexibility index (Phi) is 27.8. The van der Waals surface area contributed by atoms with Crippen LogP contribution in [0.15, 0.2) is 105 Å². The number of aryl methyl sites for hydroxylation is 3. The fourth-order valence-electron chi connectivity index (χ4n) is 7.19. The highest BCUT2D eigenvalue weighted by Crippen LogP contribution is 2.47. The van der Waals surface area contributed by atoms with E-state index in [0.29, 0.717) is 38.0 Å². The summed E-state index contributed by atoms with van der Waals surface area (Å²) in [6, 6.07) is 6.13. The molecule has 0 saturated carbocycles. The van der Waals surface area contributed by atoms with E-state index in [0.717, 1.165) is 36.8 Å². The summed E-state index contributed by atoms with van der Waals surface area (Å²) in [7, 11) is 1.24. The minimum absolute atomic E-state index is 0. The van der Waals surface area contributed by atoms with E-state index < -0.39 is 59.5 Å². The Labute approximate surface area is 542 Å². The number of oxime groups is 2. The van der Waals surface area contributed by atoms with Crippen LogP contribution < -0.4 is 45.7 Å². The molecule has 4 aliphatic heterocycles. The quantitative estimate of drug-likeness (QED) is 0.0147. The maximum atomic E-state index is 13.0. The predicted molar refractivity (Wildman–Crippen MR) is 332 cm³/mol. The standard InChI is InChI=1S/C22H19N7O6S4.C16H14N4O3S3.C7H8ClN3O2S.CH3I.CH4.H2NO2P/c1-3-35-26-13(16-25-21(34)39-27-16)17(30)24-14-18(31)29-15(20(32)33)12(9-36-19(14)29)38-22-23-11(8-37-22)10-4-6-28(2)7-5-10;1-19-4-2-8(3-5-19)9-6-25-16(18-9)26-10-7-24-14-11(17)13(21)20(14)12(10)15(22)23;1-3-13-10-5(6(8)12)7-9-4(2)14-11-7;1-2;;1-4(2)3/h4-8,14,19H,3,9H2,1-2H3,(H2-,24,25,27,30,32,33,34);2-6,11,14H,7,17H2,1H3;3H2,1-2H3;1H3;1H4;(H2,1,2,3)/b26-13-;;10-5+;;;/t14?,19-;11-,14-;;;;/m11..../s1. The van der Waals surface area contributed by atoms with Gasteiger partial charge in [0.2, 0.25) is 17.3 Å². The molecule has 6 aromatic rings. The molecule has 0 radical (unpaired) electrons. The Balaban J connectivity index is 0.000000246. The number of aliphatic carboxylic acids is 2. The molecule has 3 amide bonds. The molecule has 39 heteroatoms. The van der Waals surface area contributed by atoms with Gasteiger partial charge in [0.05, 0.1) is 34.7 Å². The predicted octanol–water partition coefficient (Wildman–Crippen LogP) is 1.61. The first-order valence-corrected chi connectivity index (χ1v) is 34.7. The summed E-state index contributed by atoms with van der Waals surface area (Å²) in [6.45, 7) is 5.70. The summed E-state index contributed by atoms with van der Waals surface area (Å²) >= 11 is 17.2. The van der Waals surface area contributed by atoms with E-state index in [9.17, 15) is 43.8 Å². The number of carbonyl (C=O) groups is 6. The van der Waals surface area contributed by atoms with E-state index in [2.05, 4.69) is 72.4 Å². The molecular formula is C47H50ClIN15O13PS8. The fraction of sp³-hybridized carbons (Fsp3) is 0.319. The number of aromatic amines is 1. The van der Waals surface area contributed by atoms with Crippen molar-refractivity contribution in [3.63, 3.8) is 0 Å². The van der Waals surface area contributed by atoms with Gasteiger partial charge in [-0.3, -0.25) is 38.8 Å². The second-order valence-corrected chi connectivity index (χ2v) is 25.7. The Bertz CT molecular complexity index is 3640. The Morgan fingerprint density at radius 1 is 0.814 bits per heavy atom. The molecular weight excluding hydrogens is 1430 g/mol. The molecule has 4 aliphatic rings. The van der Waals surface area contributed by atoms with Crippen LogP contribution in [0.25, 0.3) is 22.5 Å². The van der Waals surface area contributed by atoms with Gasteiger partial charge in [0.1, 0.15) is 55.1 Å². The summed E-state index contributed by atoms with van der Waals surface area (Å²) in [5.74, 6) is -3.80. The highest BCUT2D eigenvalue weighted by Gasteiger charge is 2.54. The molecule has 2 saturated heterocycles. The van der Waals surface area contributed by atoms with Gasteiger partial charge in [0.15, 0.2) is 45.1 Å². The van der Waals surface area contributed by atoms with Gasteiger partial charge in [-0.1, -0.05) is 68.4 Å². The zero-order valence-corrected chi connectivity index (χ0v) is 55.1. The number of halogens is 2. The highest BCUT2D eigenvalue weighted by atomic mass is 127. The smallest absolute Gasteiger partial charge is 0.405 e. The monoisotopic (exact) mass is 1480 g/mol. The van der Waals surface area contributed by atoms with Crippen molar-refractivity contribution < 1.29 is 67.2 Å². The van der Waals surface area contributed by atoms with Gasteiger partial charge in [-0.05, 0) is 48.8 Å². The molecule has 0 bridgehead atoms. The summed E-state index contributed by atoms with van der Waals surface area (Å²) < 4.78 is 21.8. The zero-order valence-electron chi connectivity index (χ0n) is 44.8. The maximum absolute atomic E-state index is 13.0. The number of nitrogens with zero attached hydrogens (tertiary/aromatic N) is 11. The Morgan fingerprint density at radius 3 is 1.70 bits per heavy atom. The lowest BCUT2D eigenvalue weighted by Crippen LogP contribution is -2.71. The Hall–Kier alpha value is -5.68. The minimum atomic E-state index is -2.62. The SMILES string of the molecule is C.CCO/N=C(\C(=O)Cl)c1nsc(C)n1.CCO/N=C(\C(=O)NC1C(=O)N2C(C(=O)[O-])=C(Sc3nc(-c4cc[n+](C)cc4)cs3)CS[C@H]12)c1nsc(=O)[nH]1.CI.C[n+]1ccc(-c2csc(SC3=C(C(=O)[O-])N4C(=O)[C@@H](N)[C@H]4SC3)n2)cc1.N[P+](=O)[O-]. The number of carboxylic acids is 2. The van der Waals surface area contributed by atoms with E-state index in [1.807, 2.05) is 88.0 Å². The van der Waals surface area contributed by atoms with Gasteiger partial charge in [-0.25, -0.2) is 24.1 Å². The lowest BCUT2D eigenvalue weighted by Gasteiger charge is -2.50. The summed E-state index contributed by atoms with van der Waals surface area (Å²) in [4.78, 5) is 123. The molecule has 2 fully saturated rings. The van der Waals surface area contributed by atoms with Crippen molar-refractivity contribution in [2.45, 2.75) is 59.7 Å². The van der Waals surface area contributed by atoms with Crippen molar-refractivity contribution in [3.8, 4) is 22.5 Å². The zero-order chi connectivity index (χ0) is 62.2. The third-order valence-corrected chi connectivity index (χ3v) is 19.2. The van der Waals surface area contributed by atoms with Gasteiger partial charge in [0.25, 0.3) is 17.1 Å². The van der Waals surface area contributed by atoms with E-state index in [4.69, 9.17) is 36.5 Å². The molecule has 0 aromatic carbocycles. The molecule has 86 heavy (non-hydrogen) atoms. The normalized spacial score (nSPS) is 17.8. The minimum Gasteiger partial charge on any atom is -0.578 e. The number of thioether (sulfide) groups is 4. The molecule has 28 nitrogen and oxygen atoms in total. The van der Waals surface area contributed by atoms with Crippen LogP contribution in [0.4, 0.5) is 0 Å². The summed E-state index contributed by atoms with van der Waals surface area (Å²) in [5, 5.41) is 36.4. The van der Waals surface area contributed by atoms with Crippen LogP contribution in [0, 0.1) is 6.92 Å². The van der Waals surface area contributed by atoms with Crippen molar-refractivity contribution in [1.82, 2.24) is 43.8 Å². The van der Waals surface area contributed by atoms with Crippen LogP contribution >= 0.6 is 135 Å². The van der Waals surface area contributed by atoms with E-state index >= 15 is 0 Å². The number of hydrogen-bond acceptors (Lipinski definition) is 29. The van der Waals surface area contributed by atoms with Crippen LogP contribution in [0.3, 0.4) is 0 Å². The number of alkyl halides is 1. The van der Waals surface area contributed by atoms with Gasteiger partial charge >= 0.3 is 13.1 Å². The number of nitrogens with two attached hydrogens (primary N) is 2. The van der Waals surface area contributed by atoms with Crippen molar-refractivity contribution in [1.29, 1.82) is 0 Å². The topological polar surface area (TPSA) is 407 Å². The second-order valence-electron chi connectivity index (χ2n) is 16.5. The number of fused-ring (bicyclic) bond motifs is 2. The van der Waals surface area contributed by atoms with Gasteiger partial charge in [0, 0.05) is 79.0 Å². The number of β-lactam (4-membered cyclic amide) rings is 2. The fourth-order valence-corrected chi connectivity index (χ4v) is 15.1. The van der Waals surface area contributed by atoms with Crippen molar-refractivity contribution >= 4 is 181 Å². The number of H-pyrrole nitrogens is 1. The highest BCUT2D eigenvalue weighted by molar-refractivity contribution is 14.1. The maximum Gasteiger partial charge on any atom is 0.405 e. The average Bonchev–Trinajstić information content (AvgIpc) is 1.79. The van der Waals surface area contributed by atoms with Crippen LogP contribution in [0.2, 0.25) is 0 Å².